The number of para-hydroxylation sites is 1. The third kappa shape index (κ3) is 3.88. The molecule has 9 heteroatoms. The Morgan fingerprint density at radius 1 is 0.929 bits per heavy atom. The predicted molar refractivity (Wildman–Crippen MR) is 102 cm³/mol. The number of anilines is 3. The molecular formula is C19H18FN7O. The number of benzene rings is 1. The van der Waals surface area contributed by atoms with E-state index in [0.29, 0.717) is 32.1 Å². The van der Waals surface area contributed by atoms with Crippen LogP contribution in [0.4, 0.5) is 22.0 Å². The van der Waals surface area contributed by atoms with E-state index < -0.39 is 5.82 Å². The van der Waals surface area contributed by atoms with E-state index in [1.807, 2.05) is 4.90 Å². The number of rotatable bonds is 4. The van der Waals surface area contributed by atoms with Gasteiger partial charge in [-0.2, -0.15) is 0 Å². The van der Waals surface area contributed by atoms with Crippen LogP contribution in [0.2, 0.25) is 0 Å². The maximum Gasteiger partial charge on any atom is 0.272 e. The molecule has 1 saturated heterocycles. The molecule has 1 aliphatic rings. The van der Waals surface area contributed by atoms with E-state index in [0.717, 1.165) is 0 Å². The van der Waals surface area contributed by atoms with Gasteiger partial charge in [-0.05, 0) is 24.3 Å². The number of carbonyl (C=O) groups excluding carboxylic acids is 1. The molecule has 0 bridgehead atoms. The molecule has 142 valence electrons. The van der Waals surface area contributed by atoms with E-state index in [1.165, 1.54) is 12.3 Å². The summed E-state index contributed by atoms with van der Waals surface area (Å²) < 4.78 is 13.8. The number of hydrogen-bond acceptors (Lipinski definition) is 7. The molecule has 3 heterocycles. The van der Waals surface area contributed by atoms with Crippen LogP contribution in [-0.2, 0) is 0 Å². The van der Waals surface area contributed by atoms with Gasteiger partial charge in [0, 0.05) is 44.8 Å². The van der Waals surface area contributed by atoms with Gasteiger partial charge < -0.3 is 15.1 Å². The summed E-state index contributed by atoms with van der Waals surface area (Å²) in [6, 6.07) is 9.55. The van der Waals surface area contributed by atoms with E-state index in [9.17, 15) is 9.18 Å². The van der Waals surface area contributed by atoms with Gasteiger partial charge in [0.15, 0.2) is 0 Å². The number of carbonyl (C=O) groups is 1. The lowest BCUT2D eigenvalue weighted by Crippen LogP contribution is -2.49. The summed E-state index contributed by atoms with van der Waals surface area (Å²) in [6.07, 6.45) is 4.88. The zero-order chi connectivity index (χ0) is 19.3. The highest BCUT2D eigenvalue weighted by molar-refractivity contribution is 5.92. The highest BCUT2D eigenvalue weighted by Gasteiger charge is 2.24. The molecule has 4 rings (SSSR count). The molecule has 3 aromatic rings. The van der Waals surface area contributed by atoms with E-state index in [1.54, 1.807) is 47.6 Å². The van der Waals surface area contributed by atoms with Crippen molar-refractivity contribution in [1.29, 1.82) is 0 Å². The average molecular weight is 379 g/mol. The monoisotopic (exact) mass is 379 g/mol. The summed E-state index contributed by atoms with van der Waals surface area (Å²) in [5.41, 5.74) is 0.516. The van der Waals surface area contributed by atoms with Gasteiger partial charge in [0.1, 0.15) is 11.5 Å². The van der Waals surface area contributed by atoms with E-state index in [4.69, 9.17) is 0 Å². The van der Waals surface area contributed by atoms with Crippen molar-refractivity contribution in [3.05, 3.63) is 66.5 Å². The normalized spacial score (nSPS) is 14.0. The lowest BCUT2D eigenvalue weighted by atomic mass is 10.2. The summed E-state index contributed by atoms with van der Waals surface area (Å²) in [4.78, 5) is 33.4. The lowest BCUT2D eigenvalue weighted by molar-refractivity contribution is 0.0740. The number of aromatic nitrogens is 4. The standard InChI is InChI=1S/C19H18FN7O/c20-14-4-1-2-5-15(14)24-18-21-9-6-16(25-18)17(28)26-10-12-27(13-11-26)19-22-7-3-8-23-19/h1-9H,10-13H2,(H,21,24,25). The van der Waals surface area contributed by atoms with Crippen LogP contribution in [0.3, 0.4) is 0 Å². The van der Waals surface area contributed by atoms with E-state index in [-0.39, 0.29) is 23.2 Å². The molecule has 0 aliphatic carbocycles. The van der Waals surface area contributed by atoms with Gasteiger partial charge in [-0.3, -0.25) is 4.79 Å². The SMILES string of the molecule is O=C(c1ccnc(Nc2ccccc2F)n1)N1CCN(c2ncccn2)CC1. The first-order valence-electron chi connectivity index (χ1n) is 8.86. The number of piperazine rings is 1. The Hall–Kier alpha value is -3.62. The Balaban J connectivity index is 1.42. The van der Waals surface area contributed by atoms with Crippen LogP contribution in [0.1, 0.15) is 10.5 Å². The van der Waals surface area contributed by atoms with Crippen LogP contribution in [-0.4, -0.2) is 56.9 Å². The summed E-state index contributed by atoms with van der Waals surface area (Å²) in [6.45, 7) is 2.36. The second-order valence-electron chi connectivity index (χ2n) is 6.20. The zero-order valence-corrected chi connectivity index (χ0v) is 15.0. The largest absolute Gasteiger partial charge is 0.337 e. The van der Waals surface area contributed by atoms with Crippen LogP contribution in [0, 0.1) is 5.82 Å². The van der Waals surface area contributed by atoms with Crippen LogP contribution < -0.4 is 10.2 Å². The molecule has 1 N–H and O–H groups in total. The Bertz CT molecular complexity index is 961. The number of nitrogens with one attached hydrogen (secondary N) is 1. The lowest BCUT2D eigenvalue weighted by Gasteiger charge is -2.34. The maximum absolute atomic E-state index is 13.8. The summed E-state index contributed by atoms with van der Waals surface area (Å²) in [7, 11) is 0. The van der Waals surface area contributed by atoms with Gasteiger partial charge in [0.25, 0.3) is 5.91 Å². The van der Waals surface area contributed by atoms with Crippen LogP contribution >= 0.6 is 0 Å². The fourth-order valence-electron chi connectivity index (χ4n) is 2.95. The Morgan fingerprint density at radius 2 is 1.68 bits per heavy atom. The van der Waals surface area contributed by atoms with E-state index in [2.05, 4.69) is 25.3 Å². The molecule has 1 aromatic carbocycles. The van der Waals surface area contributed by atoms with Gasteiger partial charge >= 0.3 is 0 Å². The van der Waals surface area contributed by atoms with Crippen LogP contribution in [0.5, 0.6) is 0 Å². The van der Waals surface area contributed by atoms with Gasteiger partial charge in [0.05, 0.1) is 5.69 Å². The summed E-state index contributed by atoms with van der Waals surface area (Å²) in [5, 5.41) is 2.81. The van der Waals surface area contributed by atoms with Gasteiger partial charge in [-0.15, -0.1) is 0 Å². The van der Waals surface area contributed by atoms with Crippen LogP contribution in [0.15, 0.2) is 55.0 Å². The van der Waals surface area contributed by atoms with Gasteiger partial charge in [-0.1, -0.05) is 12.1 Å². The second-order valence-corrected chi connectivity index (χ2v) is 6.20. The van der Waals surface area contributed by atoms with Crippen molar-refractivity contribution in [1.82, 2.24) is 24.8 Å². The number of hydrogen-bond donors (Lipinski definition) is 1. The second kappa shape index (κ2) is 7.95. The fraction of sp³-hybridized carbons (Fsp3) is 0.211. The molecule has 1 fully saturated rings. The smallest absolute Gasteiger partial charge is 0.272 e. The van der Waals surface area contributed by atoms with Gasteiger partial charge in [0.2, 0.25) is 11.9 Å². The summed E-state index contributed by atoms with van der Waals surface area (Å²) in [5.74, 6) is 0.231. The highest BCUT2D eigenvalue weighted by Crippen LogP contribution is 2.17. The van der Waals surface area contributed by atoms with Crippen molar-refractivity contribution >= 4 is 23.5 Å². The Labute approximate surface area is 161 Å². The minimum atomic E-state index is -0.415. The first-order valence-corrected chi connectivity index (χ1v) is 8.86. The molecule has 28 heavy (non-hydrogen) atoms. The number of halogens is 1. The Morgan fingerprint density at radius 3 is 2.43 bits per heavy atom. The molecule has 0 saturated carbocycles. The van der Waals surface area contributed by atoms with Crippen molar-refractivity contribution in [2.24, 2.45) is 0 Å². The molecule has 0 radical (unpaired) electrons. The maximum atomic E-state index is 13.8. The zero-order valence-electron chi connectivity index (χ0n) is 15.0. The minimum Gasteiger partial charge on any atom is -0.337 e. The summed E-state index contributed by atoms with van der Waals surface area (Å²) >= 11 is 0. The van der Waals surface area contributed by atoms with Crippen molar-refractivity contribution in [2.75, 3.05) is 36.4 Å². The minimum absolute atomic E-state index is 0.173. The molecule has 0 atom stereocenters. The topological polar surface area (TPSA) is 87.1 Å². The first kappa shape index (κ1) is 17.8. The third-order valence-electron chi connectivity index (χ3n) is 4.40. The van der Waals surface area contributed by atoms with Crippen molar-refractivity contribution in [2.45, 2.75) is 0 Å². The van der Waals surface area contributed by atoms with Crippen LogP contribution in [0.25, 0.3) is 0 Å². The molecule has 0 spiro atoms. The molecule has 8 nitrogen and oxygen atoms in total. The average Bonchev–Trinajstić information content (AvgIpc) is 2.76. The molecule has 0 unspecified atom stereocenters. The number of nitrogens with zero attached hydrogens (tertiary/aromatic N) is 6. The third-order valence-corrected chi connectivity index (χ3v) is 4.40. The van der Waals surface area contributed by atoms with Gasteiger partial charge in [-0.25, -0.2) is 24.3 Å². The Kier molecular flexibility index (Phi) is 5.05. The van der Waals surface area contributed by atoms with E-state index >= 15 is 0 Å². The van der Waals surface area contributed by atoms with Crippen molar-refractivity contribution in [3.8, 4) is 0 Å². The molecule has 1 amide bonds. The van der Waals surface area contributed by atoms with Crippen molar-refractivity contribution < 1.29 is 9.18 Å². The predicted octanol–water partition coefficient (Wildman–Crippen LogP) is 2.11. The molecular weight excluding hydrogens is 361 g/mol. The molecule has 1 aliphatic heterocycles. The molecule has 2 aromatic heterocycles. The van der Waals surface area contributed by atoms with Crippen molar-refractivity contribution in [3.63, 3.8) is 0 Å². The highest BCUT2D eigenvalue weighted by atomic mass is 19.1. The first-order chi connectivity index (χ1) is 13.7. The fourth-order valence-corrected chi connectivity index (χ4v) is 2.95. The number of amides is 1. The quantitative estimate of drug-likeness (QED) is 0.743.